The molecule has 84 valence electrons. The van der Waals surface area contributed by atoms with Crippen LogP contribution in [0.3, 0.4) is 0 Å². The van der Waals surface area contributed by atoms with Crippen LogP contribution in [0.25, 0.3) is 0 Å². The minimum atomic E-state index is -1.90. The van der Waals surface area contributed by atoms with E-state index < -0.39 is 17.5 Å². The van der Waals surface area contributed by atoms with Crippen molar-refractivity contribution in [3.63, 3.8) is 0 Å². The summed E-state index contributed by atoms with van der Waals surface area (Å²) >= 11 is 5.73. The largest absolute Gasteiger partial charge is 0.478 e. The van der Waals surface area contributed by atoms with Gasteiger partial charge in [0.05, 0.1) is 5.69 Å². The minimum absolute atomic E-state index is 0.286. The Balaban J connectivity index is 2.47. The monoisotopic (exact) mass is 241 g/mol. The van der Waals surface area contributed by atoms with Crippen LogP contribution in [0.2, 0.25) is 5.02 Å². The van der Waals surface area contributed by atoms with Gasteiger partial charge in [0.15, 0.2) is 0 Å². The van der Waals surface area contributed by atoms with Crippen LogP contribution in [0, 0.1) is 0 Å². The van der Waals surface area contributed by atoms with E-state index in [1.54, 1.807) is 6.07 Å². The predicted molar refractivity (Wildman–Crippen MR) is 56.8 cm³/mol. The highest BCUT2D eigenvalue weighted by molar-refractivity contribution is 6.31. The number of hydrogen-bond acceptors (Lipinski definition) is 3. The zero-order chi connectivity index (χ0) is 11.9. The second-order valence-electron chi connectivity index (χ2n) is 3.54. The summed E-state index contributed by atoms with van der Waals surface area (Å²) in [5.41, 5.74) is -1.53. The van der Waals surface area contributed by atoms with Crippen LogP contribution >= 0.6 is 11.6 Å². The number of hydrogen-bond donors (Lipinski definition) is 2. The van der Waals surface area contributed by atoms with Crippen LogP contribution in [0.1, 0.15) is 6.92 Å². The van der Waals surface area contributed by atoms with E-state index in [0.29, 0.717) is 10.7 Å². The number of fused-ring (bicyclic) bond motifs is 1. The first-order valence-corrected chi connectivity index (χ1v) is 4.85. The molecule has 1 atom stereocenters. The maximum Gasteiger partial charge on any atom is 0.357 e. The maximum atomic E-state index is 11.6. The number of nitrogens with one attached hydrogen (secondary N) is 1. The maximum absolute atomic E-state index is 11.6. The molecule has 2 rings (SSSR count). The summed E-state index contributed by atoms with van der Waals surface area (Å²) < 4.78 is 5.18. The highest BCUT2D eigenvalue weighted by Gasteiger charge is 2.47. The molecule has 1 aromatic carbocycles. The van der Waals surface area contributed by atoms with Gasteiger partial charge >= 0.3 is 5.97 Å². The molecule has 1 aliphatic heterocycles. The van der Waals surface area contributed by atoms with E-state index in [1.165, 1.54) is 19.1 Å². The predicted octanol–water partition coefficient (Wildman–Crippen LogP) is 1.51. The Bertz CT molecular complexity index is 488. The van der Waals surface area contributed by atoms with Crippen LogP contribution in [0.15, 0.2) is 18.2 Å². The average molecular weight is 242 g/mol. The van der Waals surface area contributed by atoms with E-state index >= 15 is 0 Å². The second kappa shape index (κ2) is 3.38. The van der Waals surface area contributed by atoms with Crippen LogP contribution < -0.4 is 10.1 Å². The summed E-state index contributed by atoms with van der Waals surface area (Å²) in [6.07, 6.45) is 0. The molecule has 0 unspecified atom stereocenters. The fraction of sp³-hybridized carbons (Fsp3) is 0.200. The molecule has 1 heterocycles. The molecule has 0 aromatic heterocycles. The summed E-state index contributed by atoms with van der Waals surface area (Å²) in [7, 11) is 0. The van der Waals surface area contributed by atoms with Crippen LogP contribution in [-0.2, 0) is 9.59 Å². The minimum Gasteiger partial charge on any atom is -0.478 e. The molecule has 16 heavy (non-hydrogen) atoms. The van der Waals surface area contributed by atoms with Crippen LogP contribution in [0.4, 0.5) is 5.69 Å². The number of carboxylic acids is 1. The van der Waals surface area contributed by atoms with Gasteiger partial charge in [0.1, 0.15) is 5.75 Å². The van der Waals surface area contributed by atoms with Crippen molar-refractivity contribution in [3.8, 4) is 5.75 Å². The Hall–Kier alpha value is -1.75. The number of rotatable bonds is 1. The molecule has 1 amide bonds. The Labute approximate surface area is 96.0 Å². The van der Waals surface area contributed by atoms with E-state index in [9.17, 15) is 9.59 Å². The van der Waals surface area contributed by atoms with E-state index in [-0.39, 0.29) is 5.75 Å². The standard InChI is InChI=1S/C10H8ClNO4/c1-10(9(14)15)8(13)12-6-4-5(11)2-3-7(6)16-10/h2-4H,1H3,(H,12,13)(H,14,15)/t10-/m0/s1. The van der Waals surface area contributed by atoms with Gasteiger partial charge in [-0.15, -0.1) is 0 Å². The summed E-state index contributed by atoms with van der Waals surface area (Å²) in [6, 6.07) is 4.56. The number of halogens is 1. The topological polar surface area (TPSA) is 75.6 Å². The first kappa shape index (κ1) is 10.8. The lowest BCUT2D eigenvalue weighted by Gasteiger charge is -2.31. The first-order chi connectivity index (χ1) is 7.43. The Morgan fingerprint density at radius 3 is 2.88 bits per heavy atom. The van der Waals surface area contributed by atoms with E-state index in [4.69, 9.17) is 21.4 Å². The number of aliphatic carboxylic acids is 1. The van der Waals surface area contributed by atoms with Gasteiger partial charge in [0, 0.05) is 5.02 Å². The first-order valence-electron chi connectivity index (χ1n) is 4.47. The molecule has 0 saturated carbocycles. The molecule has 1 aromatic rings. The van der Waals surface area contributed by atoms with E-state index in [2.05, 4.69) is 5.32 Å². The highest BCUT2D eigenvalue weighted by atomic mass is 35.5. The van der Waals surface area contributed by atoms with Crippen molar-refractivity contribution in [2.75, 3.05) is 5.32 Å². The van der Waals surface area contributed by atoms with Crippen LogP contribution in [-0.4, -0.2) is 22.6 Å². The molecular formula is C10H8ClNO4. The van der Waals surface area contributed by atoms with Gasteiger partial charge in [0.25, 0.3) is 11.5 Å². The van der Waals surface area contributed by atoms with Gasteiger partial charge < -0.3 is 15.2 Å². The van der Waals surface area contributed by atoms with Gasteiger partial charge in [-0.05, 0) is 25.1 Å². The van der Waals surface area contributed by atoms with Crippen molar-refractivity contribution in [3.05, 3.63) is 23.2 Å². The Morgan fingerprint density at radius 2 is 2.25 bits per heavy atom. The van der Waals surface area contributed by atoms with Crippen LogP contribution in [0.5, 0.6) is 5.75 Å². The van der Waals surface area contributed by atoms with E-state index in [0.717, 1.165) is 0 Å². The zero-order valence-corrected chi connectivity index (χ0v) is 9.04. The molecule has 5 nitrogen and oxygen atoms in total. The molecular weight excluding hydrogens is 234 g/mol. The van der Waals surface area contributed by atoms with Gasteiger partial charge in [-0.25, -0.2) is 4.79 Å². The lowest BCUT2D eigenvalue weighted by atomic mass is 10.0. The summed E-state index contributed by atoms with van der Waals surface area (Å²) in [5.74, 6) is -1.78. The number of benzene rings is 1. The van der Waals surface area contributed by atoms with Gasteiger partial charge in [-0.3, -0.25) is 4.79 Å². The second-order valence-corrected chi connectivity index (χ2v) is 3.97. The number of carbonyl (C=O) groups excluding carboxylic acids is 1. The van der Waals surface area contributed by atoms with Gasteiger partial charge in [0.2, 0.25) is 0 Å². The smallest absolute Gasteiger partial charge is 0.357 e. The number of amides is 1. The van der Waals surface area contributed by atoms with Crippen molar-refractivity contribution >= 4 is 29.2 Å². The lowest BCUT2D eigenvalue weighted by Crippen LogP contribution is -2.54. The molecule has 0 fully saturated rings. The third kappa shape index (κ3) is 1.49. The van der Waals surface area contributed by atoms with E-state index in [1.807, 2.05) is 0 Å². The molecule has 2 N–H and O–H groups in total. The number of anilines is 1. The number of carbonyl (C=O) groups is 2. The van der Waals surface area contributed by atoms with Gasteiger partial charge in [-0.2, -0.15) is 0 Å². The number of ether oxygens (including phenoxy) is 1. The Morgan fingerprint density at radius 1 is 1.56 bits per heavy atom. The normalized spacial score (nSPS) is 23.0. The molecule has 0 radical (unpaired) electrons. The van der Waals surface area contributed by atoms with Crippen molar-refractivity contribution in [1.29, 1.82) is 0 Å². The summed E-state index contributed by atoms with van der Waals surface area (Å²) in [6.45, 7) is 1.20. The zero-order valence-electron chi connectivity index (χ0n) is 8.28. The van der Waals surface area contributed by atoms with Crippen molar-refractivity contribution < 1.29 is 19.4 Å². The lowest BCUT2D eigenvalue weighted by molar-refractivity contribution is -0.159. The van der Waals surface area contributed by atoms with Crippen molar-refractivity contribution in [2.45, 2.75) is 12.5 Å². The Kier molecular flexibility index (Phi) is 2.27. The molecule has 1 aliphatic rings. The SMILES string of the molecule is C[C@]1(C(=O)O)Oc2ccc(Cl)cc2NC1=O. The molecule has 6 heteroatoms. The molecule has 0 aliphatic carbocycles. The fourth-order valence-electron chi connectivity index (χ4n) is 1.34. The third-order valence-electron chi connectivity index (χ3n) is 2.35. The molecule has 0 bridgehead atoms. The average Bonchev–Trinajstić information content (AvgIpc) is 2.20. The number of carboxylic acid groups (broad SMARTS) is 1. The summed E-state index contributed by atoms with van der Waals surface area (Å²) in [4.78, 5) is 22.5. The highest BCUT2D eigenvalue weighted by Crippen LogP contribution is 2.35. The van der Waals surface area contributed by atoms with Crippen molar-refractivity contribution in [2.24, 2.45) is 0 Å². The quantitative estimate of drug-likeness (QED) is 0.731. The van der Waals surface area contributed by atoms with Gasteiger partial charge in [-0.1, -0.05) is 11.6 Å². The fourth-order valence-corrected chi connectivity index (χ4v) is 1.51. The summed E-state index contributed by atoms with van der Waals surface area (Å²) in [5, 5.41) is 11.8. The molecule has 0 spiro atoms. The molecule has 0 saturated heterocycles. The third-order valence-corrected chi connectivity index (χ3v) is 2.58. The van der Waals surface area contributed by atoms with Crippen molar-refractivity contribution in [1.82, 2.24) is 0 Å².